The molecule has 74 valence electrons. The summed E-state index contributed by atoms with van der Waals surface area (Å²) in [5.41, 5.74) is 10.8. The molecule has 1 aromatic carbocycles. The summed E-state index contributed by atoms with van der Waals surface area (Å²) >= 11 is 0. The van der Waals surface area contributed by atoms with Gasteiger partial charge in [-0.05, 0) is 47.8 Å². The molecule has 0 heterocycles. The van der Waals surface area contributed by atoms with Crippen LogP contribution in [-0.4, -0.2) is 0 Å². The molecule has 2 aliphatic rings. The van der Waals surface area contributed by atoms with Crippen LogP contribution in [0.5, 0.6) is 0 Å². The van der Waals surface area contributed by atoms with Crippen LogP contribution in [0.3, 0.4) is 0 Å². The van der Waals surface area contributed by atoms with Gasteiger partial charge in [-0.2, -0.15) is 0 Å². The predicted octanol–water partition coefficient (Wildman–Crippen LogP) is 3.07. The Morgan fingerprint density at radius 3 is 2.86 bits per heavy atom. The average molecular weight is 187 g/mol. The van der Waals surface area contributed by atoms with Crippen LogP contribution in [0.4, 0.5) is 0 Å². The van der Waals surface area contributed by atoms with Crippen molar-refractivity contribution in [3.05, 3.63) is 34.9 Å². The smallest absolute Gasteiger partial charge is 0.0303 e. The largest absolute Gasteiger partial charge is 0.324 e. The lowest BCUT2D eigenvalue weighted by Gasteiger charge is -2.26. The van der Waals surface area contributed by atoms with E-state index in [1.165, 1.54) is 24.8 Å². The number of nitrogens with two attached hydrogens (primary N) is 1. The van der Waals surface area contributed by atoms with Crippen molar-refractivity contribution in [2.45, 2.75) is 44.1 Å². The van der Waals surface area contributed by atoms with Crippen molar-refractivity contribution in [2.24, 2.45) is 5.73 Å². The quantitative estimate of drug-likeness (QED) is 0.663. The van der Waals surface area contributed by atoms with Gasteiger partial charge in [0.05, 0.1) is 0 Å². The van der Waals surface area contributed by atoms with E-state index in [9.17, 15) is 0 Å². The highest BCUT2D eigenvalue weighted by atomic mass is 14.7. The van der Waals surface area contributed by atoms with Gasteiger partial charge in [-0.1, -0.05) is 25.1 Å². The van der Waals surface area contributed by atoms with Crippen molar-refractivity contribution in [1.29, 1.82) is 0 Å². The van der Waals surface area contributed by atoms with E-state index < -0.39 is 0 Å². The van der Waals surface area contributed by atoms with Crippen LogP contribution in [0.15, 0.2) is 18.2 Å². The van der Waals surface area contributed by atoms with Crippen LogP contribution in [0.1, 0.15) is 60.8 Å². The first-order valence-corrected chi connectivity index (χ1v) is 5.65. The minimum Gasteiger partial charge on any atom is -0.324 e. The molecule has 2 aliphatic carbocycles. The lowest BCUT2D eigenvalue weighted by atomic mass is 9.78. The summed E-state index contributed by atoms with van der Waals surface area (Å²) in [5, 5.41) is 0. The van der Waals surface area contributed by atoms with Gasteiger partial charge in [-0.3, -0.25) is 0 Å². The lowest BCUT2D eigenvalue weighted by molar-refractivity contribution is 0.487. The third kappa shape index (κ3) is 0.992. The maximum atomic E-state index is 6.15. The van der Waals surface area contributed by atoms with Crippen molar-refractivity contribution >= 4 is 0 Å². The summed E-state index contributed by atoms with van der Waals surface area (Å²) in [4.78, 5) is 0. The van der Waals surface area contributed by atoms with E-state index in [-0.39, 0.29) is 0 Å². The highest BCUT2D eigenvalue weighted by molar-refractivity contribution is 5.46. The third-order valence-corrected chi connectivity index (χ3v) is 4.00. The Kier molecular flexibility index (Phi) is 1.72. The SMILES string of the molecule is CC1CCC2CC(N)c3cccc1c32. The van der Waals surface area contributed by atoms with Crippen molar-refractivity contribution in [1.82, 2.24) is 0 Å². The fraction of sp³-hybridized carbons (Fsp3) is 0.538. The molecule has 14 heavy (non-hydrogen) atoms. The van der Waals surface area contributed by atoms with Crippen LogP contribution in [-0.2, 0) is 0 Å². The Labute approximate surface area is 85.3 Å². The lowest BCUT2D eigenvalue weighted by Crippen LogP contribution is -2.09. The second kappa shape index (κ2) is 2.83. The van der Waals surface area contributed by atoms with E-state index in [2.05, 4.69) is 25.1 Å². The molecule has 0 fully saturated rings. The summed E-state index contributed by atoms with van der Waals surface area (Å²) in [5.74, 6) is 1.51. The molecular formula is C13H17N. The predicted molar refractivity (Wildman–Crippen MR) is 58.4 cm³/mol. The maximum absolute atomic E-state index is 6.15. The molecule has 1 aromatic rings. The monoisotopic (exact) mass is 187 g/mol. The average Bonchev–Trinajstić information content (AvgIpc) is 2.52. The molecular weight excluding hydrogens is 170 g/mol. The number of rotatable bonds is 0. The Bertz CT molecular complexity index is 369. The molecule has 0 radical (unpaired) electrons. The molecule has 0 aromatic heterocycles. The normalized spacial score (nSPS) is 34.3. The summed E-state index contributed by atoms with van der Waals surface area (Å²) in [6.07, 6.45) is 3.87. The molecule has 3 rings (SSSR count). The minimum atomic E-state index is 0.306. The zero-order chi connectivity index (χ0) is 9.71. The number of hydrogen-bond donors (Lipinski definition) is 1. The molecule has 1 heteroatoms. The number of benzene rings is 1. The van der Waals surface area contributed by atoms with Gasteiger partial charge in [0, 0.05) is 6.04 Å². The van der Waals surface area contributed by atoms with Gasteiger partial charge in [-0.25, -0.2) is 0 Å². The van der Waals surface area contributed by atoms with Gasteiger partial charge in [0.15, 0.2) is 0 Å². The molecule has 2 N–H and O–H groups in total. The van der Waals surface area contributed by atoms with E-state index in [1.807, 2.05) is 0 Å². The molecule has 0 bridgehead atoms. The standard InChI is InChI=1S/C13H17N/c1-8-5-6-9-7-12(14)11-4-2-3-10(8)13(9)11/h2-4,8-9,12H,5-7,14H2,1H3. The highest BCUT2D eigenvalue weighted by Gasteiger charge is 2.34. The first-order valence-electron chi connectivity index (χ1n) is 5.65. The van der Waals surface area contributed by atoms with Crippen LogP contribution in [0.25, 0.3) is 0 Å². The van der Waals surface area contributed by atoms with Gasteiger partial charge in [-0.15, -0.1) is 0 Å². The summed E-state index contributed by atoms with van der Waals surface area (Å²) in [6.45, 7) is 2.34. The molecule has 0 saturated heterocycles. The van der Waals surface area contributed by atoms with E-state index >= 15 is 0 Å². The molecule has 0 aliphatic heterocycles. The Balaban J connectivity index is 2.22. The van der Waals surface area contributed by atoms with Gasteiger partial charge < -0.3 is 5.73 Å². The van der Waals surface area contributed by atoms with E-state index in [0.29, 0.717) is 6.04 Å². The minimum absolute atomic E-state index is 0.306. The van der Waals surface area contributed by atoms with Crippen molar-refractivity contribution in [3.63, 3.8) is 0 Å². The van der Waals surface area contributed by atoms with Crippen LogP contribution in [0, 0.1) is 0 Å². The Morgan fingerprint density at radius 2 is 2.00 bits per heavy atom. The highest BCUT2D eigenvalue weighted by Crippen LogP contribution is 2.49. The zero-order valence-corrected chi connectivity index (χ0v) is 8.66. The van der Waals surface area contributed by atoms with Crippen LogP contribution in [0.2, 0.25) is 0 Å². The Hall–Kier alpha value is -0.820. The summed E-state index contributed by atoms with van der Waals surface area (Å²) in [7, 11) is 0. The van der Waals surface area contributed by atoms with Crippen molar-refractivity contribution in [3.8, 4) is 0 Å². The zero-order valence-electron chi connectivity index (χ0n) is 8.66. The fourth-order valence-electron chi connectivity index (χ4n) is 3.25. The molecule has 1 nitrogen and oxygen atoms in total. The summed E-state index contributed by atoms with van der Waals surface area (Å²) < 4.78 is 0. The maximum Gasteiger partial charge on any atom is 0.0303 e. The second-order valence-corrected chi connectivity index (χ2v) is 4.87. The Morgan fingerprint density at radius 1 is 1.21 bits per heavy atom. The van der Waals surface area contributed by atoms with Crippen LogP contribution >= 0.6 is 0 Å². The molecule has 0 amide bonds. The second-order valence-electron chi connectivity index (χ2n) is 4.87. The van der Waals surface area contributed by atoms with Gasteiger partial charge in [0.25, 0.3) is 0 Å². The number of hydrogen-bond acceptors (Lipinski definition) is 1. The first-order chi connectivity index (χ1) is 6.77. The molecule has 3 atom stereocenters. The van der Waals surface area contributed by atoms with E-state index in [0.717, 1.165) is 11.8 Å². The van der Waals surface area contributed by atoms with E-state index in [4.69, 9.17) is 5.73 Å². The first kappa shape index (κ1) is 8.49. The molecule has 0 spiro atoms. The summed E-state index contributed by atoms with van der Waals surface area (Å²) in [6, 6.07) is 7.01. The van der Waals surface area contributed by atoms with Crippen molar-refractivity contribution in [2.75, 3.05) is 0 Å². The van der Waals surface area contributed by atoms with Gasteiger partial charge in [0.2, 0.25) is 0 Å². The third-order valence-electron chi connectivity index (χ3n) is 4.00. The van der Waals surface area contributed by atoms with Gasteiger partial charge >= 0.3 is 0 Å². The van der Waals surface area contributed by atoms with Crippen LogP contribution < -0.4 is 5.73 Å². The van der Waals surface area contributed by atoms with Gasteiger partial charge in [0.1, 0.15) is 0 Å². The fourth-order valence-corrected chi connectivity index (χ4v) is 3.25. The molecule has 3 unspecified atom stereocenters. The van der Waals surface area contributed by atoms with E-state index in [1.54, 1.807) is 11.1 Å². The molecule has 0 saturated carbocycles. The van der Waals surface area contributed by atoms with Crippen molar-refractivity contribution < 1.29 is 0 Å². The topological polar surface area (TPSA) is 26.0 Å².